The van der Waals surface area contributed by atoms with Gasteiger partial charge in [-0.05, 0) is 30.3 Å². The van der Waals surface area contributed by atoms with Crippen LogP contribution in [-0.4, -0.2) is 18.3 Å². The minimum absolute atomic E-state index is 0.0819. The van der Waals surface area contributed by atoms with E-state index in [9.17, 15) is 9.59 Å². The molecule has 1 amide bonds. The summed E-state index contributed by atoms with van der Waals surface area (Å²) in [6.07, 6.45) is 0. The molecule has 0 aliphatic heterocycles. The Kier molecular flexibility index (Phi) is 5.99. The number of Topliss-reactive ketones (excluding diaryl/α,β-unsaturated/α-hetero) is 1. The molecule has 0 bridgehead atoms. The molecule has 1 aromatic heterocycles. The third-order valence-electron chi connectivity index (χ3n) is 2.70. The molecule has 1 aromatic carbocycles. The second-order valence-electron chi connectivity index (χ2n) is 4.46. The molecule has 4 nitrogen and oxygen atoms in total. The highest BCUT2D eigenvalue weighted by Crippen LogP contribution is 2.28. The van der Waals surface area contributed by atoms with Crippen LogP contribution in [0.5, 0.6) is 5.75 Å². The maximum atomic E-state index is 12.1. The van der Waals surface area contributed by atoms with Crippen molar-refractivity contribution in [1.29, 1.82) is 0 Å². The van der Waals surface area contributed by atoms with Crippen molar-refractivity contribution in [2.75, 3.05) is 6.61 Å². The summed E-state index contributed by atoms with van der Waals surface area (Å²) < 4.78 is 6.29. The van der Waals surface area contributed by atoms with Crippen molar-refractivity contribution in [2.24, 2.45) is 0 Å². The standard InChI is InChI=1S/C15H13BrClNO3S/c1-9(19)18-7-11-3-5-15(22-11)13(20)8-21-14-4-2-10(16)6-12(14)17/h2-6H,7-8H2,1H3,(H,18,19). The van der Waals surface area contributed by atoms with Gasteiger partial charge >= 0.3 is 0 Å². The van der Waals surface area contributed by atoms with Crippen LogP contribution in [0.15, 0.2) is 34.8 Å². The molecule has 22 heavy (non-hydrogen) atoms. The number of hydrogen-bond acceptors (Lipinski definition) is 4. The predicted octanol–water partition coefficient (Wildman–Crippen LogP) is 4.06. The summed E-state index contributed by atoms with van der Waals surface area (Å²) in [5.41, 5.74) is 0. The molecule has 1 N–H and O–H groups in total. The number of nitrogens with one attached hydrogen (secondary N) is 1. The van der Waals surface area contributed by atoms with Crippen molar-refractivity contribution in [1.82, 2.24) is 5.32 Å². The maximum Gasteiger partial charge on any atom is 0.217 e. The van der Waals surface area contributed by atoms with Crippen molar-refractivity contribution in [3.05, 3.63) is 49.6 Å². The van der Waals surface area contributed by atoms with Gasteiger partial charge in [0, 0.05) is 16.3 Å². The molecule has 0 saturated carbocycles. The van der Waals surface area contributed by atoms with Crippen molar-refractivity contribution >= 4 is 50.6 Å². The van der Waals surface area contributed by atoms with E-state index in [1.165, 1.54) is 18.3 Å². The molecule has 1 heterocycles. The summed E-state index contributed by atoms with van der Waals surface area (Å²) in [5, 5.41) is 3.14. The summed E-state index contributed by atoms with van der Waals surface area (Å²) in [5.74, 6) is 0.237. The van der Waals surface area contributed by atoms with E-state index in [4.69, 9.17) is 16.3 Å². The fourth-order valence-electron chi connectivity index (χ4n) is 1.64. The Balaban J connectivity index is 1.93. The highest BCUT2D eigenvalue weighted by Gasteiger charge is 2.12. The molecule has 0 atom stereocenters. The SMILES string of the molecule is CC(=O)NCc1ccc(C(=O)COc2ccc(Br)cc2Cl)s1. The Hall–Kier alpha value is -1.37. The lowest BCUT2D eigenvalue weighted by Crippen LogP contribution is -2.18. The van der Waals surface area contributed by atoms with Gasteiger partial charge in [-0.2, -0.15) is 0 Å². The second kappa shape index (κ2) is 7.76. The molecule has 116 valence electrons. The van der Waals surface area contributed by atoms with Crippen LogP contribution in [0.1, 0.15) is 21.5 Å². The number of carbonyl (C=O) groups is 2. The molecule has 0 aliphatic rings. The molecule has 0 unspecified atom stereocenters. The summed E-state index contributed by atoms with van der Waals surface area (Å²) in [4.78, 5) is 24.5. The van der Waals surface area contributed by atoms with Gasteiger partial charge in [0.15, 0.2) is 6.61 Å². The molecular formula is C15H13BrClNO3S. The zero-order chi connectivity index (χ0) is 16.1. The molecule has 0 aliphatic carbocycles. The Morgan fingerprint density at radius 1 is 1.32 bits per heavy atom. The summed E-state index contributed by atoms with van der Waals surface area (Å²) >= 11 is 10.7. The van der Waals surface area contributed by atoms with Crippen LogP contribution in [0.4, 0.5) is 0 Å². The Labute approximate surface area is 145 Å². The van der Waals surface area contributed by atoms with Crippen LogP contribution in [-0.2, 0) is 11.3 Å². The summed E-state index contributed by atoms with van der Waals surface area (Å²) in [6, 6.07) is 8.76. The third kappa shape index (κ3) is 4.83. The lowest BCUT2D eigenvalue weighted by atomic mass is 10.3. The smallest absolute Gasteiger partial charge is 0.217 e. The first kappa shape index (κ1) is 17.0. The van der Waals surface area contributed by atoms with E-state index in [1.807, 2.05) is 6.07 Å². The van der Waals surface area contributed by atoms with E-state index in [0.717, 1.165) is 9.35 Å². The number of carbonyl (C=O) groups excluding carboxylic acids is 2. The molecule has 0 radical (unpaired) electrons. The van der Waals surface area contributed by atoms with E-state index in [2.05, 4.69) is 21.2 Å². The van der Waals surface area contributed by atoms with Crippen LogP contribution in [0.25, 0.3) is 0 Å². The molecule has 7 heteroatoms. The quantitative estimate of drug-likeness (QED) is 0.741. The van der Waals surface area contributed by atoms with E-state index in [0.29, 0.717) is 22.2 Å². The van der Waals surface area contributed by atoms with Gasteiger partial charge in [0.2, 0.25) is 11.7 Å². The van der Waals surface area contributed by atoms with Crippen molar-refractivity contribution in [3.63, 3.8) is 0 Å². The van der Waals surface area contributed by atoms with Crippen LogP contribution in [0, 0.1) is 0 Å². The Bertz CT molecular complexity index is 702. The predicted molar refractivity (Wildman–Crippen MR) is 90.8 cm³/mol. The van der Waals surface area contributed by atoms with Gasteiger partial charge in [-0.1, -0.05) is 27.5 Å². The molecule has 0 fully saturated rings. The number of hydrogen-bond donors (Lipinski definition) is 1. The number of thiophene rings is 1. The van der Waals surface area contributed by atoms with Crippen molar-refractivity contribution in [2.45, 2.75) is 13.5 Å². The molecular weight excluding hydrogens is 390 g/mol. The fourth-order valence-corrected chi connectivity index (χ4v) is 3.24. The lowest BCUT2D eigenvalue weighted by molar-refractivity contribution is -0.119. The number of ether oxygens (including phenoxy) is 1. The number of benzene rings is 1. The highest BCUT2D eigenvalue weighted by molar-refractivity contribution is 9.10. The summed E-state index contributed by atoms with van der Waals surface area (Å²) in [6.45, 7) is 1.80. The topological polar surface area (TPSA) is 55.4 Å². The summed E-state index contributed by atoms with van der Waals surface area (Å²) in [7, 11) is 0. The Morgan fingerprint density at radius 3 is 2.77 bits per heavy atom. The van der Waals surface area contributed by atoms with Crippen LogP contribution in [0.3, 0.4) is 0 Å². The first-order valence-electron chi connectivity index (χ1n) is 6.40. The first-order valence-corrected chi connectivity index (χ1v) is 8.38. The van der Waals surface area contributed by atoms with Crippen LogP contribution in [0.2, 0.25) is 5.02 Å². The largest absolute Gasteiger partial charge is 0.484 e. The van der Waals surface area contributed by atoms with Crippen LogP contribution >= 0.6 is 38.9 Å². The lowest BCUT2D eigenvalue weighted by Gasteiger charge is -2.06. The van der Waals surface area contributed by atoms with Gasteiger partial charge < -0.3 is 10.1 Å². The van der Waals surface area contributed by atoms with Gasteiger partial charge in [-0.15, -0.1) is 11.3 Å². The monoisotopic (exact) mass is 401 g/mol. The molecule has 0 saturated heterocycles. The zero-order valence-corrected chi connectivity index (χ0v) is 14.8. The average molecular weight is 403 g/mol. The highest BCUT2D eigenvalue weighted by atomic mass is 79.9. The van der Waals surface area contributed by atoms with Crippen molar-refractivity contribution in [3.8, 4) is 5.75 Å². The zero-order valence-electron chi connectivity index (χ0n) is 11.7. The van der Waals surface area contributed by atoms with Gasteiger partial charge in [0.05, 0.1) is 16.4 Å². The normalized spacial score (nSPS) is 10.3. The van der Waals surface area contributed by atoms with Gasteiger partial charge in [-0.25, -0.2) is 0 Å². The maximum absolute atomic E-state index is 12.1. The fraction of sp³-hybridized carbons (Fsp3) is 0.200. The van der Waals surface area contributed by atoms with Crippen molar-refractivity contribution < 1.29 is 14.3 Å². The van der Waals surface area contributed by atoms with Gasteiger partial charge in [0.1, 0.15) is 5.75 Å². The number of amides is 1. The van der Waals surface area contributed by atoms with Gasteiger partial charge in [-0.3, -0.25) is 9.59 Å². The van der Waals surface area contributed by atoms with E-state index in [-0.39, 0.29) is 18.3 Å². The number of halogens is 2. The first-order chi connectivity index (χ1) is 10.5. The molecule has 0 spiro atoms. The van der Waals surface area contributed by atoms with E-state index >= 15 is 0 Å². The number of ketones is 1. The third-order valence-corrected chi connectivity index (χ3v) is 4.62. The van der Waals surface area contributed by atoms with Crippen LogP contribution < -0.4 is 10.1 Å². The average Bonchev–Trinajstić information content (AvgIpc) is 2.93. The number of rotatable bonds is 6. The minimum atomic E-state index is -0.127. The second-order valence-corrected chi connectivity index (χ2v) is 6.95. The minimum Gasteiger partial charge on any atom is -0.484 e. The van der Waals surface area contributed by atoms with E-state index < -0.39 is 0 Å². The molecule has 2 aromatic rings. The molecule has 2 rings (SSSR count). The van der Waals surface area contributed by atoms with E-state index in [1.54, 1.807) is 24.3 Å². The van der Waals surface area contributed by atoms with Gasteiger partial charge in [0.25, 0.3) is 0 Å². The Morgan fingerprint density at radius 2 is 2.09 bits per heavy atom.